The number of nitrogens with zero attached hydrogens (tertiary/aromatic N) is 3. The van der Waals surface area contributed by atoms with Gasteiger partial charge >= 0.3 is 0 Å². The van der Waals surface area contributed by atoms with Crippen LogP contribution in [0.5, 0.6) is 11.5 Å². The van der Waals surface area contributed by atoms with Crippen LogP contribution in [0.2, 0.25) is 0 Å². The van der Waals surface area contributed by atoms with Gasteiger partial charge in [-0.1, -0.05) is 6.07 Å². The Morgan fingerprint density at radius 1 is 1.21 bits per heavy atom. The predicted molar refractivity (Wildman–Crippen MR) is 88.6 cm³/mol. The van der Waals surface area contributed by atoms with Gasteiger partial charge in [-0.25, -0.2) is 13.4 Å². The van der Waals surface area contributed by atoms with Gasteiger partial charge in [0.05, 0.1) is 26.6 Å². The second-order valence-corrected chi connectivity index (χ2v) is 7.60. The Morgan fingerprint density at radius 3 is 2.58 bits per heavy atom. The molecule has 0 bridgehead atoms. The molecule has 7 nitrogen and oxygen atoms in total. The Hall–Kier alpha value is -2.06. The van der Waals surface area contributed by atoms with E-state index in [2.05, 4.69) is 4.98 Å². The van der Waals surface area contributed by atoms with Crippen molar-refractivity contribution in [3.05, 3.63) is 36.3 Å². The lowest BCUT2D eigenvalue weighted by Gasteiger charge is -2.24. The summed E-state index contributed by atoms with van der Waals surface area (Å²) in [6.45, 7) is 0.484. The highest BCUT2D eigenvalue weighted by atomic mass is 32.2. The molecule has 2 aromatic rings. The van der Waals surface area contributed by atoms with E-state index in [9.17, 15) is 8.42 Å². The molecular formula is C16H21N3O4S. The SMILES string of the molecule is COc1ccc([C@@H]2CCCN2S(=O)(=O)c2cn(C)cn2)cc1OC. The number of methoxy groups -OCH3 is 2. The van der Waals surface area contributed by atoms with Crippen LogP contribution in [0, 0.1) is 0 Å². The molecule has 0 aliphatic carbocycles. The van der Waals surface area contributed by atoms with E-state index in [4.69, 9.17) is 9.47 Å². The van der Waals surface area contributed by atoms with Crippen molar-refractivity contribution < 1.29 is 17.9 Å². The fourth-order valence-corrected chi connectivity index (χ4v) is 4.71. The van der Waals surface area contributed by atoms with Crippen molar-refractivity contribution in [1.29, 1.82) is 0 Å². The van der Waals surface area contributed by atoms with Crippen molar-refractivity contribution in [3.63, 3.8) is 0 Å². The van der Waals surface area contributed by atoms with Crippen molar-refractivity contribution >= 4 is 10.0 Å². The van der Waals surface area contributed by atoms with E-state index in [1.807, 2.05) is 12.1 Å². The van der Waals surface area contributed by atoms with Crippen molar-refractivity contribution in [3.8, 4) is 11.5 Å². The van der Waals surface area contributed by atoms with Crippen LogP contribution >= 0.6 is 0 Å². The van der Waals surface area contributed by atoms with Crippen LogP contribution in [0.15, 0.2) is 35.7 Å². The fraction of sp³-hybridized carbons (Fsp3) is 0.438. The van der Waals surface area contributed by atoms with Gasteiger partial charge in [0.25, 0.3) is 10.0 Å². The van der Waals surface area contributed by atoms with Gasteiger partial charge in [0, 0.05) is 19.8 Å². The van der Waals surface area contributed by atoms with Crippen molar-refractivity contribution in [2.24, 2.45) is 7.05 Å². The topological polar surface area (TPSA) is 73.7 Å². The molecule has 0 amide bonds. The Kier molecular flexibility index (Phi) is 4.51. The average Bonchev–Trinajstić information content (AvgIpc) is 3.23. The number of hydrogen-bond acceptors (Lipinski definition) is 5. The molecule has 0 unspecified atom stereocenters. The van der Waals surface area contributed by atoms with Gasteiger partial charge in [0.1, 0.15) is 0 Å². The summed E-state index contributed by atoms with van der Waals surface area (Å²) >= 11 is 0. The minimum absolute atomic E-state index is 0.0809. The van der Waals surface area contributed by atoms with Gasteiger partial charge in [-0.3, -0.25) is 0 Å². The monoisotopic (exact) mass is 351 g/mol. The number of ether oxygens (including phenoxy) is 2. The zero-order chi connectivity index (χ0) is 17.3. The molecule has 1 aliphatic heterocycles. The average molecular weight is 351 g/mol. The predicted octanol–water partition coefficient (Wildman–Crippen LogP) is 1.96. The maximum absolute atomic E-state index is 12.9. The minimum Gasteiger partial charge on any atom is -0.493 e. The second-order valence-electron chi connectivity index (χ2n) is 5.77. The Balaban J connectivity index is 1.96. The molecule has 1 atom stereocenters. The van der Waals surface area contributed by atoms with E-state index in [-0.39, 0.29) is 11.1 Å². The lowest BCUT2D eigenvalue weighted by atomic mass is 10.0. The van der Waals surface area contributed by atoms with Gasteiger partial charge in [0.2, 0.25) is 0 Å². The summed E-state index contributed by atoms with van der Waals surface area (Å²) < 4.78 is 39.6. The third-order valence-corrected chi connectivity index (χ3v) is 6.04. The molecule has 0 radical (unpaired) electrons. The van der Waals surface area contributed by atoms with E-state index in [0.29, 0.717) is 18.0 Å². The number of rotatable bonds is 5. The largest absolute Gasteiger partial charge is 0.493 e. The lowest BCUT2D eigenvalue weighted by Crippen LogP contribution is -2.31. The first-order chi connectivity index (χ1) is 11.5. The molecule has 0 N–H and O–H groups in total. The normalized spacial score (nSPS) is 18.7. The number of sulfonamides is 1. The fourth-order valence-electron chi connectivity index (χ4n) is 3.06. The lowest BCUT2D eigenvalue weighted by molar-refractivity contribution is 0.351. The molecule has 0 saturated carbocycles. The second kappa shape index (κ2) is 6.45. The summed E-state index contributed by atoms with van der Waals surface area (Å²) in [5.41, 5.74) is 0.893. The number of aryl methyl sites for hydroxylation is 1. The molecule has 0 spiro atoms. The molecule has 1 aromatic carbocycles. The van der Waals surface area contributed by atoms with Crippen molar-refractivity contribution in [2.45, 2.75) is 23.9 Å². The van der Waals surface area contributed by atoms with Crippen LogP contribution in [0.1, 0.15) is 24.4 Å². The summed E-state index contributed by atoms with van der Waals surface area (Å²) in [7, 11) is 1.27. The molecule has 2 heterocycles. The zero-order valence-corrected chi connectivity index (χ0v) is 14.8. The van der Waals surface area contributed by atoms with Crippen molar-refractivity contribution in [2.75, 3.05) is 20.8 Å². The maximum Gasteiger partial charge on any atom is 0.262 e. The molecule has 1 fully saturated rings. The number of aromatic nitrogens is 2. The van der Waals surface area contributed by atoms with E-state index < -0.39 is 10.0 Å². The van der Waals surface area contributed by atoms with Gasteiger partial charge in [-0.05, 0) is 30.5 Å². The Labute approximate surface area is 141 Å². The first-order valence-corrected chi connectivity index (χ1v) is 9.13. The molecule has 1 saturated heterocycles. The van der Waals surface area contributed by atoms with E-state index in [0.717, 1.165) is 18.4 Å². The minimum atomic E-state index is -3.62. The first kappa shape index (κ1) is 16.8. The Bertz CT molecular complexity index is 832. The smallest absolute Gasteiger partial charge is 0.262 e. The van der Waals surface area contributed by atoms with Crippen LogP contribution < -0.4 is 9.47 Å². The summed E-state index contributed by atoms with van der Waals surface area (Å²) in [4.78, 5) is 4.01. The first-order valence-electron chi connectivity index (χ1n) is 7.69. The number of imidazole rings is 1. The molecule has 24 heavy (non-hydrogen) atoms. The van der Waals surface area contributed by atoms with Gasteiger partial charge in [0.15, 0.2) is 16.5 Å². The van der Waals surface area contributed by atoms with Crippen LogP contribution in [-0.4, -0.2) is 43.0 Å². The third-order valence-electron chi connectivity index (χ3n) is 4.25. The molecule has 1 aromatic heterocycles. The van der Waals surface area contributed by atoms with Gasteiger partial charge < -0.3 is 14.0 Å². The van der Waals surface area contributed by atoms with Gasteiger partial charge in [-0.15, -0.1) is 0 Å². The van der Waals surface area contributed by atoms with E-state index >= 15 is 0 Å². The molecular weight excluding hydrogens is 330 g/mol. The number of hydrogen-bond donors (Lipinski definition) is 0. The summed E-state index contributed by atoms with van der Waals surface area (Å²) in [6, 6.07) is 5.31. The maximum atomic E-state index is 12.9. The quantitative estimate of drug-likeness (QED) is 0.823. The summed E-state index contributed by atoms with van der Waals surface area (Å²) in [6.07, 6.45) is 4.60. The highest BCUT2D eigenvalue weighted by Gasteiger charge is 2.37. The van der Waals surface area contributed by atoms with Crippen LogP contribution in [0.25, 0.3) is 0 Å². The highest BCUT2D eigenvalue weighted by molar-refractivity contribution is 7.89. The molecule has 130 valence electrons. The van der Waals surface area contributed by atoms with E-state index in [1.165, 1.54) is 16.8 Å². The molecule has 1 aliphatic rings. The van der Waals surface area contributed by atoms with E-state index in [1.54, 1.807) is 31.9 Å². The molecule has 3 rings (SSSR count). The number of benzene rings is 1. The van der Waals surface area contributed by atoms with Gasteiger partial charge in [-0.2, -0.15) is 4.31 Å². The van der Waals surface area contributed by atoms with Crippen LogP contribution in [0.3, 0.4) is 0 Å². The van der Waals surface area contributed by atoms with Crippen LogP contribution in [-0.2, 0) is 17.1 Å². The zero-order valence-electron chi connectivity index (χ0n) is 14.0. The third kappa shape index (κ3) is 2.87. The standard InChI is InChI=1S/C16H21N3O4S/c1-18-10-16(17-11-18)24(20,21)19-8-4-5-13(19)12-6-7-14(22-2)15(9-12)23-3/h6-7,9-11,13H,4-5,8H2,1-3H3/t13-/m0/s1. The summed E-state index contributed by atoms with van der Waals surface area (Å²) in [5.74, 6) is 1.22. The summed E-state index contributed by atoms with van der Waals surface area (Å²) in [5, 5.41) is 0.0809. The highest BCUT2D eigenvalue weighted by Crippen LogP contribution is 2.39. The van der Waals surface area contributed by atoms with Crippen LogP contribution in [0.4, 0.5) is 0 Å². The molecule has 8 heteroatoms. The van der Waals surface area contributed by atoms with Crippen molar-refractivity contribution in [1.82, 2.24) is 13.9 Å². The Morgan fingerprint density at radius 2 is 1.96 bits per heavy atom.